The molecule has 72 valence electrons. The molecule has 2 heteroatoms. The Bertz CT molecular complexity index is 121. The monoisotopic (exact) mass is 170 g/mol. The van der Waals surface area contributed by atoms with Crippen LogP contribution < -0.4 is 5.73 Å². The molecule has 0 aliphatic heterocycles. The first-order valence-electron chi connectivity index (χ1n) is 5.18. The van der Waals surface area contributed by atoms with Crippen molar-refractivity contribution in [3.05, 3.63) is 0 Å². The SMILES string of the molecule is CCCC(CN)CN(C)C1CC1. The zero-order chi connectivity index (χ0) is 8.97. The van der Waals surface area contributed by atoms with Gasteiger partial charge in [-0.15, -0.1) is 0 Å². The molecule has 1 unspecified atom stereocenters. The number of rotatable bonds is 6. The third-order valence-electron chi connectivity index (χ3n) is 2.75. The normalized spacial score (nSPS) is 20.0. The highest BCUT2D eigenvalue weighted by atomic mass is 15.2. The van der Waals surface area contributed by atoms with Gasteiger partial charge < -0.3 is 10.6 Å². The van der Waals surface area contributed by atoms with Crippen LogP contribution in [0.3, 0.4) is 0 Å². The topological polar surface area (TPSA) is 29.3 Å². The van der Waals surface area contributed by atoms with Crippen molar-refractivity contribution in [2.24, 2.45) is 11.7 Å². The fourth-order valence-electron chi connectivity index (χ4n) is 1.76. The van der Waals surface area contributed by atoms with Crippen LogP contribution in [0.4, 0.5) is 0 Å². The zero-order valence-electron chi connectivity index (χ0n) is 8.42. The van der Waals surface area contributed by atoms with Crippen LogP contribution in [-0.2, 0) is 0 Å². The van der Waals surface area contributed by atoms with Crippen molar-refractivity contribution in [2.45, 2.75) is 38.6 Å². The Kier molecular flexibility index (Phi) is 4.02. The summed E-state index contributed by atoms with van der Waals surface area (Å²) in [5.74, 6) is 0.723. The van der Waals surface area contributed by atoms with E-state index >= 15 is 0 Å². The summed E-state index contributed by atoms with van der Waals surface area (Å²) in [6, 6.07) is 0.885. The maximum Gasteiger partial charge on any atom is 0.00934 e. The second kappa shape index (κ2) is 4.83. The Morgan fingerprint density at radius 1 is 1.50 bits per heavy atom. The van der Waals surface area contributed by atoms with Crippen molar-refractivity contribution >= 4 is 0 Å². The zero-order valence-corrected chi connectivity index (χ0v) is 8.42. The number of nitrogens with two attached hydrogens (primary N) is 1. The summed E-state index contributed by atoms with van der Waals surface area (Å²) in [6.07, 6.45) is 5.35. The molecule has 0 aromatic rings. The smallest absolute Gasteiger partial charge is 0.00934 e. The molecule has 2 N–H and O–H groups in total. The first-order chi connectivity index (χ1) is 5.77. The molecular weight excluding hydrogens is 148 g/mol. The lowest BCUT2D eigenvalue weighted by Crippen LogP contribution is -2.31. The van der Waals surface area contributed by atoms with Gasteiger partial charge >= 0.3 is 0 Å². The van der Waals surface area contributed by atoms with Crippen LogP contribution in [0, 0.1) is 5.92 Å². The van der Waals surface area contributed by atoms with Crippen LogP contribution in [0.5, 0.6) is 0 Å². The third kappa shape index (κ3) is 3.11. The maximum atomic E-state index is 5.70. The molecule has 0 aromatic carbocycles. The van der Waals surface area contributed by atoms with Crippen molar-refractivity contribution in [3.8, 4) is 0 Å². The molecule has 1 aliphatic rings. The number of nitrogens with zero attached hydrogens (tertiary/aromatic N) is 1. The summed E-state index contributed by atoms with van der Waals surface area (Å²) in [7, 11) is 2.23. The standard InChI is InChI=1S/C10H22N2/c1-3-4-9(7-11)8-12(2)10-5-6-10/h9-10H,3-8,11H2,1-2H3. The Hall–Kier alpha value is -0.0800. The summed E-state index contributed by atoms with van der Waals surface area (Å²) in [6.45, 7) is 4.29. The molecule has 1 saturated carbocycles. The Morgan fingerprint density at radius 2 is 2.17 bits per heavy atom. The van der Waals surface area contributed by atoms with E-state index in [4.69, 9.17) is 5.73 Å². The van der Waals surface area contributed by atoms with E-state index in [-0.39, 0.29) is 0 Å². The molecule has 12 heavy (non-hydrogen) atoms. The van der Waals surface area contributed by atoms with Crippen molar-refractivity contribution < 1.29 is 0 Å². The highest BCUT2D eigenvalue weighted by Gasteiger charge is 2.26. The number of hydrogen-bond acceptors (Lipinski definition) is 2. The molecule has 0 bridgehead atoms. The van der Waals surface area contributed by atoms with Crippen molar-refractivity contribution in [1.29, 1.82) is 0 Å². The van der Waals surface area contributed by atoms with Crippen LogP contribution in [-0.4, -0.2) is 31.1 Å². The van der Waals surface area contributed by atoms with E-state index < -0.39 is 0 Å². The van der Waals surface area contributed by atoms with Gasteiger partial charge in [0.05, 0.1) is 0 Å². The van der Waals surface area contributed by atoms with Gasteiger partial charge in [-0.1, -0.05) is 13.3 Å². The summed E-state index contributed by atoms with van der Waals surface area (Å²) in [4.78, 5) is 2.48. The van der Waals surface area contributed by atoms with E-state index in [9.17, 15) is 0 Å². The van der Waals surface area contributed by atoms with E-state index in [0.29, 0.717) is 0 Å². The minimum Gasteiger partial charge on any atom is -0.330 e. The van der Waals surface area contributed by atoms with E-state index in [1.165, 1.54) is 32.2 Å². The molecule has 0 saturated heterocycles. The highest BCUT2D eigenvalue weighted by Crippen LogP contribution is 2.26. The van der Waals surface area contributed by atoms with Gasteiger partial charge in [0, 0.05) is 12.6 Å². The first kappa shape index (κ1) is 10.0. The molecule has 1 fully saturated rings. The molecule has 1 rings (SSSR count). The van der Waals surface area contributed by atoms with E-state index in [1.807, 2.05) is 0 Å². The highest BCUT2D eigenvalue weighted by molar-refractivity contribution is 4.83. The average molecular weight is 170 g/mol. The largest absolute Gasteiger partial charge is 0.330 e. The minimum atomic E-state index is 0.723. The molecule has 0 radical (unpaired) electrons. The molecule has 1 atom stereocenters. The Morgan fingerprint density at radius 3 is 2.58 bits per heavy atom. The van der Waals surface area contributed by atoms with Gasteiger partial charge in [-0.2, -0.15) is 0 Å². The molecule has 0 spiro atoms. The van der Waals surface area contributed by atoms with E-state index in [1.54, 1.807) is 0 Å². The van der Waals surface area contributed by atoms with Crippen LogP contribution in [0.1, 0.15) is 32.6 Å². The fraction of sp³-hybridized carbons (Fsp3) is 1.00. The first-order valence-corrected chi connectivity index (χ1v) is 5.18. The van der Waals surface area contributed by atoms with Gasteiger partial charge in [0.2, 0.25) is 0 Å². The molecule has 0 amide bonds. The lowest BCUT2D eigenvalue weighted by molar-refractivity contribution is 0.261. The molecule has 0 aromatic heterocycles. The van der Waals surface area contributed by atoms with E-state index in [2.05, 4.69) is 18.9 Å². The molecule has 2 nitrogen and oxygen atoms in total. The van der Waals surface area contributed by atoms with Gasteiger partial charge in [0.15, 0.2) is 0 Å². The molecular formula is C10H22N2. The quantitative estimate of drug-likeness (QED) is 0.654. The van der Waals surface area contributed by atoms with Gasteiger partial charge in [-0.25, -0.2) is 0 Å². The molecule has 0 heterocycles. The van der Waals surface area contributed by atoms with Gasteiger partial charge in [-0.3, -0.25) is 0 Å². The summed E-state index contributed by atoms with van der Waals surface area (Å²) < 4.78 is 0. The maximum absolute atomic E-state index is 5.70. The van der Waals surface area contributed by atoms with Gasteiger partial charge in [0.25, 0.3) is 0 Å². The third-order valence-corrected chi connectivity index (χ3v) is 2.75. The van der Waals surface area contributed by atoms with E-state index in [0.717, 1.165) is 18.5 Å². The van der Waals surface area contributed by atoms with Crippen LogP contribution >= 0.6 is 0 Å². The molecule has 1 aliphatic carbocycles. The van der Waals surface area contributed by atoms with Crippen molar-refractivity contribution in [2.75, 3.05) is 20.1 Å². The van der Waals surface area contributed by atoms with Crippen LogP contribution in [0.15, 0.2) is 0 Å². The van der Waals surface area contributed by atoms with Gasteiger partial charge in [0.1, 0.15) is 0 Å². The van der Waals surface area contributed by atoms with Gasteiger partial charge in [-0.05, 0) is 38.8 Å². The van der Waals surface area contributed by atoms with Crippen molar-refractivity contribution in [1.82, 2.24) is 4.90 Å². The van der Waals surface area contributed by atoms with Crippen LogP contribution in [0.25, 0.3) is 0 Å². The predicted octanol–water partition coefficient (Wildman–Crippen LogP) is 1.46. The summed E-state index contributed by atoms with van der Waals surface area (Å²) in [5, 5.41) is 0. The lowest BCUT2D eigenvalue weighted by Gasteiger charge is -2.22. The van der Waals surface area contributed by atoms with Crippen molar-refractivity contribution in [3.63, 3.8) is 0 Å². The van der Waals surface area contributed by atoms with Crippen LogP contribution in [0.2, 0.25) is 0 Å². The Labute approximate surface area is 76.1 Å². The average Bonchev–Trinajstić information content (AvgIpc) is 2.85. The summed E-state index contributed by atoms with van der Waals surface area (Å²) >= 11 is 0. The Balaban J connectivity index is 2.15. The fourth-order valence-corrected chi connectivity index (χ4v) is 1.76. The number of hydrogen-bond donors (Lipinski definition) is 1. The lowest BCUT2D eigenvalue weighted by atomic mass is 10.0. The second-order valence-electron chi connectivity index (χ2n) is 4.06. The minimum absolute atomic E-state index is 0.723. The predicted molar refractivity (Wildman–Crippen MR) is 53.1 cm³/mol. The second-order valence-corrected chi connectivity index (χ2v) is 4.06. The summed E-state index contributed by atoms with van der Waals surface area (Å²) in [5.41, 5.74) is 5.70.